The number of aromatic amines is 1. The van der Waals surface area contributed by atoms with Gasteiger partial charge < -0.3 is 4.98 Å². The summed E-state index contributed by atoms with van der Waals surface area (Å²) in [5, 5.41) is 0. The van der Waals surface area contributed by atoms with Gasteiger partial charge >= 0.3 is 0 Å². The zero-order valence-corrected chi connectivity index (χ0v) is 8.18. The lowest BCUT2D eigenvalue weighted by Gasteiger charge is -1.97. The number of aromatic nitrogens is 2. The summed E-state index contributed by atoms with van der Waals surface area (Å²) in [7, 11) is 0. The lowest BCUT2D eigenvalue weighted by molar-refractivity contribution is 1.19. The molecule has 0 radical (unpaired) electrons. The maximum absolute atomic E-state index is 4.39. The summed E-state index contributed by atoms with van der Waals surface area (Å²) >= 11 is 4.22. The van der Waals surface area contributed by atoms with Crippen LogP contribution in [0.15, 0.2) is 35.4 Å². The van der Waals surface area contributed by atoms with E-state index in [-0.39, 0.29) is 0 Å². The summed E-state index contributed by atoms with van der Waals surface area (Å²) in [4.78, 5) is 8.43. The van der Waals surface area contributed by atoms with E-state index in [1.165, 1.54) is 0 Å². The fourth-order valence-electron chi connectivity index (χ4n) is 1.22. The van der Waals surface area contributed by atoms with Gasteiger partial charge in [0.25, 0.3) is 0 Å². The fraction of sp³-hybridized carbons (Fsp3) is 0.100. The maximum Gasteiger partial charge on any atom is 0.0867 e. The first kappa shape index (κ1) is 8.38. The van der Waals surface area contributed by atoms with E-state index < -0.39 is 0 Å². The SMILES string of the molecule is Cc1cccc(-c2cc(S)c[nH]2)n1. The Hall–Kier alpha value is -1.22. The average Bonchev–Trinajstić information content (AvgIpc) is 2.52. The number of hydrogen-bond acceptors (Lipinski definition) is 2. The normalized spacial score (nSPS) is 10.3. The minimum Gasteiger partial charge on any atom is -0.359 e. The van der Waals surface area contributed by atoms with E-state index in [9.17, 15) is 0 Å². The largest absolute Gasteiger partial charge is 0.359 e. The molecule has 0 fully saturated rings. The minimum atomic E-state index is 0.929. The van der Waals surface area contributed by atoms with Crippen LogP contribution in [0.2, 0.25) is 0 Å². The molecule has 2 rings (SSSR count). The predicted octanol–water partition coefficient (Wildman–Crippen LogP) is 2.67. The lowest BCUT2D eigenvalue weighted by atomic mass is 10.2. The highest BCUT2D eigenvalue weighted by atomic mass is 32.1. The van der Waals surface area contributed by atoms with Gasteiger partial charge in [-0.1, -0.05) is 6.07 Å². The van der Waals surface area contributed by atoms with Crippen LogP contribution in [0.5, 0.6) is 0 Å². The van der Waals surface area contributed by atoms with Gasteiger partial charge in [-0.15, -0.1) is 12.6 Å². The van der Waals surface area contributed by atoms with Crippen molar-refractivity contribution in [3.63, 3.8) is 0 Å². The van der Waals surface area contributed by atoms with E-state index in [2.05, 4.69) is 22.6 Å². The van der Waals surface area contributed by atoms with Crippen LogP contribution in [0.3, 0.4) is 0 Å². The van der Waals surface area contributed by atoms with Crippen LogP contribution in [0.25, 0.3) is 11.4 Å². The van der Waals surface area contributed by atoms with Gasteiger partial charge in [-0.25, -0.2) is 0 Å². The molecule has 0 amide bonds. The van der Waals surface area contributed by atoms with Gasteiger partial charge in [0, 0.05) is 16.8 Å². The van der Waals surface area contributed by atoms with Crippen molar-refractivity contribution >= 4 is 12.6 Å². The van der Waals surface area contributed by atoms with Crippen molar-refractivity contribution in [2.45, 2.75) is 11.8 Å². The molecule has 0 saturated heterocycles. The van der Waals surface area contributed by atoms with Crippen molar-refractivity contribution in [3.05, 3.63) is 36.2 Å². The number of aryl methyl sites for hydroxylation is 1. The second-order valence-electron chi connectivity index (χ2n) is 2.94. The first-order valence-electron chi connectivity index (χ1n) is 4.07. The molecule has 2 heterocycles. The number of H-pyrrole nitrogens is 1. The highest BCUT2D eigenvalue weighted by molar-refractivity contribution is 7.80. The van der Waals surface area contributed by atoms with Crippen molar-refractivity contribution in [2.24, 2.45) is 0 Å². The fourth-order valence-corrected chi connectivity index (χ4v) is 1.42. The van der Waals surface area contributed by atoms with E-state index in [4.69, 9.17) is 0 Å². The van der Waals surface area contributed by atoms with Gasteiger partial charge in [-0.05, 0) is 25.1 Å². The molecule has 0 aliphatic carbocycles. The number of nitrogens with one attached hydrogen (secondary N) is 1. The maximum atomic E-state index is 4.39. The quantitative estimate of drug-likeness (QED) is 0.665. The first-order chi connectivity index (χ1) is 6.25. The average molecular weight is 190 g/mol. The first-order valence-corrected chi connectivity index (χ1v) is 4.52. The third-order valence-electron chi connectivity index (χ3n) is 1.83. The number of rotatable bonds is 1. The molecule has 2 aromatic rings. The number of hydrogen-bond donors (Lipinski definition) is 2. The lowest BCUT2D eigenvalue weighted by Crippen LogP contribution is -1.85. The van der Waals surface area contributed by atoms with E-state index in [0.717, 1.165) is 22.0 Å². The Morgan fingerprint density at radius 2 is 2.23 bits per heavy atom. The van der Waals surface area contributed by atoms with Crippen molar-refractivity contribution in [1.29, 1.82) is 0 Å². The monoisotopic (exact) mass is 190 g/mol. The Morgan fingerprint density at radius 1 is 1.38 bits per heavy atom. The summed E-state index contributed by atoms with van der Waals surface area (Å²) in [5.41, 5.74) is 2.99. The van der Waals surface area contributed by atoms with Crippen molar-refractivity contribution in [2.75, 3.05) is 0 Å². The van der Waals surface area contributed by atoms with Gasteiger partial charge in [-0.3, -0.25) is 4.98 Å². The molecule has 0 aromatic carbocycles. The minimum absolute atomic E-state index is 0.929. The molecule has 3 heteroatoms. The van der Waals surface area contributed by atoms with E-state index in [1.54, 1.807) is 0 Å². The molecular formula is C10H10N2S. The van der Waals surface area contributed by atoms with Crippen molar-refractivity contribution in [1.82, 2.24) is 9.97 Å². The molecule has 0 saturated carbocycles. The second-order valence-corrected chi connectivity index (χ2v) is 3.45. The van der Waals surface area contributed by atoms with Crippen molar-refractivity contribution < 1.29 is 0 Å². The third-order valence-corrected chi connectivity index (χ3v) is 2.09. The number of pyridine rings is 1. The van der Waals surface area contributed by atoms with Crippen LogP contribution in [0.4, 0.5) is 0 Å². The molecule has 0 bridgehead atoms. The predicted molar refractivity (Wildman–Crippen MR) is 56.0 cm³/mol. The van der Waals surface area contributed by atoms with Crippen LogP contribution >= 0.6 is 12.6 Å². The topological polar surface area (TPSA) is 28.7 Å². The summed E-state index contributed by atoms with van der Waals surface area (Å²) in [6.45, 7) is 1.98. The van der Waals surface area contributed by atoms with Crippen LogP contribution in [-0.2, 0) is 0 Å². The van der Waals surface area contributed by atoms with Gasteiger partial charge in [0.05, 0.1) is 11.4 Å². The van der Waals surface area contributed by atoms with Gasteiger partial charge in [-0.2, -0.15) is 0 Å². The van der Waals surface area contributed by atoms with E-state index >= 15 is 0 Å². The van der Waals surface area contributed by atoms with Gasteiger partial charge in [0.15, 0.2) is 0 Å². The Bertz CT molecular complexity index is 420. The van der Waals surface area contributed by atoms with Crippen LogP contribution in [0, 0.1) is 6.92 Å². The molecule has 2 aromatic heterocycles. The Balaban J connectivity index is 2.46. The molecule has 0 aliphatic rings. The highest BCUT2D eigenvalue weighted by Crippen LogP contribution is 2.18. The zero-order chi connectivity index (χ0) is 9.26. The third kappa shape index (κ3) is 1.75. The molecule has 0 atom stereocenters. The van der Waals surface area contributed by atoms with Crippen molar-refractivity contribution in [3.8, 4) is 11.4 Å². The molecule has 0 aliphatic heterocycles. The van der Waals surface area contributed by atoms with Crippen LogP contribution < -0.4 is 0 Å². The molecule has 0 spiro atoms. The standard InChI is InChI=1S/C10H10N2S/c1-7-3-2-4-9(12-7)10-5-8(13)6-11-10/h2-6,11,13H,1H3. The molecule has 13 heavy (non-hydrogen) atoms. The van der Waals surface area contributed by atoms with E-state index in [0.29, 0.717) is 0 Å². The highest BCUT2D eigenvalue weighted by Gasteiger charge is 2.00. The molecule has 66 valence electrons. The smallest absolute Gasteiger partial charge is 0.0867 e. The van der Waals surface area contributed by atoms with Gasteiger partial charge in [0.2, 0.25) is 0 Å². The zero-order valence-electron chi connectivity index (χ0n) is 7.28. The summed E-state index contributed by atoms with van der Waals surface area (Å²) < 4.78 is 0. The summed E-state index contributed by atoms with van der Waals surface area (Å²) in [6, 6.07) is 7.92. The molecule has 0 unspecified atom stereocenters. The molecule has 1 N–H and O–H groups in total. The van der Waals surface area contributed by atoms with Crippen LogP contribution in [0.1, 0.15) is 5.69 Å². The summed E-state index contributed by atoms with van der Waals surface area (Å²) in [6.07, 6.45) is 1.85. The molecular weight excluding hydrogens is 180 g/mol. The Morgan fingerprint density at radius 3 is 2.85 bits per heavy atom. The van der Waals surface area contributed by atoms with E-state index in [1.807, 2.05) is 37.4 Å². The number of nitrogens with zero attached hydrogens (tertiary/aromatic N) is 1. The Labute approximate surface area is 82.4 Å². The summed E-state index contributed by atoms with van der Waals surface area (Å²) in [5.74, 6) is 0. The van der Waals surface area contributed by atoms with Gasteiger partial charge in [0.1, 0.15) is 0 Å². The second kappa shape index (κ2) is 3.26. The Kier molecular flexibility index (Phi) is 2.10. The number of thiol groups is 1. The van der Waals surface area contributed by atoms with Crippen LogP contribution in [-0.4, -0.2) is 9.97 Å². The molecule has 2 nitrogen and oxygen atoms in total.